The Morgan fingerprint density at radius 2 is 1.20 bits per heavy atom. The molecule has 0 bridgehead atoms. The smallest absolute Gasteiger partial charge is 0.0305 e. The van der Waals surface area contributed by atoms with Crippen LogP contribution in [0.25, 0.3) is 0 Å². The van der Waals surface area contributed by atoms with Gasteiger partial charge in [0, 0.05) is 11.1 Å². The zero-order chi connectivity index (χ0) is 7.83. The van der Waals surface area contributed by atoms with Crippen LogP contribution >= 0.6 is 0 Å². The van der Waals surface area contributed by atoms with Gasteiger partial charge in [0.15, 0.2) is 0 Å². The molecule has 0 aliphatic heterocycles. The van der Waals surface area contributed by atoms with Crippen LogP contribution in [0.4, 0.5) is 0 Å². The summed E-state index contributed by atoms with van der Waals surface area (Å²) in [5, 5.41) is 0. The third kappa shape index (κ3) is 1.18. The predicted octanol–water partition coefficient (Wildman–Crippen LogP) is 0.995. The summed E-state index contributed by atoms with van der Waals surface area (Å²) >= 11 is 0. The van der Waals surface area contributed by atoms with E-state index in [0.29, 0.717) is 0 Å². The van der Waals surface area contributed by atoms with E-state index in [9.17, 15) is 0 Å². The minimum absolute atomic E-state index is 0.148. The number of hydrogen-bond donors (Lipinski definition) is 2. The van der Waals surface area contributed by atoms with E-state index in [4.69, 9.17) is 11.5 Å². The molecular weight excluding hydrogens is 124 g/mol. The highest BCUT2D eigenvalue weighted by Gasteiger charge is 2.39. The van der Waals surface area contributed by atoms with Gasteiger partial charge in [-0.2, -0.15) is 0 Å². The van der Waals surface area contributed by atoms with Gasteiger partial charge in [-0.1, -0.05) is 12.8 Å². The highest BCUT2D eigenvalue weighted by atomic mass is 14.9. The molecule has 2 heteroatoms. The Morgan fingerprint density at radius 1 is 0.900 bits per heavy atom. The third-order valence-electron chi connectivity index (χ3n) is 2.95. The Labute approximate surface area is 63.0 Å². The second kappa shape index (κ2) is 2.21. The first-order valence-electron chi connectivity index (χ1n) is 4.03. The molecule has 10 heavy (non-hydrogen) atoms. The summed E-state index contributed by atoms with van der Waals surface area (Å²) in [4.78, 5) is 0. The van der Waals surface area contributed by atoms with Gasteiger partial charge in [-0.05, 0) is 26.7 Å². The van der Waals surface area contributed by atoms with Crippen LogP contribution < -0.4 is 11.5 Å². The van der Waals surface area contributed by atoms with Crippen molar-refractivity contribution in [1.82, 2.24) is 0 Å². The molecule has 1 aliphatic rings. The summed E-state index contributed by atoms with van der Waals surface area (Å²) in [6, 6.07) is 0. The van der Waals surface area contributed by atoms with Crippen LogP contribution in [0.3, 0.4) is 0 Å². The van der Waals surface area contributed by atoms with E-state index in [1.54, 1.807) is 0 Å². The zero-order valence-electron chi connectivity index (χ0n) is 6.98. The quantitative estimate of drug-likeness (QED) is 0.530. The van der Waals surface area contributed by atoms with Crippen molar-refractivity contribution in [2.24, 2.45) is 11.5 Å². The Kier molecular flexibility index (Phi) is 1.77. The van der Waals surface area contributed by atoms with Crippen molar-refractivity contribution in [3.8, 4) is 0 Å². The molecule has 4 N–H and O–H groups in total. The SMILES string of the molecule is C[C@]1(N)CCCC[C@@]1(C)N. The average molecular weight is 142 g/mol. The van der Waals surface area contributed by atoms with Gasteiger partial charge >= 0.3 is 0 Å². The summed E-state index contributed by atoms with van der Waals surface area (Å²) in [5.41, 5.74) is 11.8. The molecule has 60 valence electrons. The van der Waals surface area contributed by atoms with Gasteiger partial charge in [0.25, 0.3) is 0 Å². The maximum Gasteiger partial charge on any atom is 0.0305 e. The van der Waals surface area contributed by atoms with Gasteiger partial charge in [-0.3, -0.25) is 0 Å². The summed E-state index contributed by atoms with van der Waals surface area (Å²) in [6.07, 6.45) is 4.61. The van der Waals surface area contributed by atoms with Crippen LogP contribution in [0.5, 0.6) is 0 Å². The second-order valence-electron chi connectivity index (χ2n) is 4.04. The molecule has 2 nitrogen and oxygen atoms in total. The standard InChI is InChI=1S/C8H18N2/c1-7(9)5-3-4-6-8(7,2)10/h3-6,9-10H2,1-2H3/t7-,8+. The molecule has 0 unspecified atom stereocenters. The minimum Gasteiger partial charge on any atom is -0.324 e. The van der Waals surface area contributed by atoms with E-state index < -0.39 is 0 Å². The molecule has 1 rings (SSSR count). The van der Waals surface area contributed by atoms with Crippen LogP contribution in [0.15, 0.2) is 0 Å². The largest absolute Gasteiger partial charge is 0.324 e. The van der Waals surface area contributed by atoms with Crippen LogP contribution in [0.1, 0.15) is 39.5 Å². The Bertz CT molecular complexity index is 111. The number of hydrogen-bond acceptors (Lipinski definition) is 2. The molecule has 0 radical (unpaired) electrons. The molecule has 1 aliphatic carbocycles. The molecule has 0 heterocycles. The van der Waals surface area contributed by atoms with Crippen LogP contribution in [0.2, 0.25) is 0 Å². The van der Waals surface area contributed by atoms with E-state index in [0.717, 1.165) is 12.8 Å². The molecule has 0 saturated heterocycles. The van der Waals surface area contributed by atoms with E-state index >= 15 is 0 Å². The molecule has 2 atom stereocenters. The summed E-state index contributed by atoms with van der Waals surface area (Å²) in [5.74, 6) is 0. The first-order chi connectivity index (χ1) is 4.46. The second-order valence-corrected chi connectivity index (χ2v) is 4.04. The molecule has 0 aromatic rings. The molecular formula is C8H18N2. The monoisotopic (exact) mass is 142 g/mol. The maximum absolute atomic E-state index is 6.03. The highest BCUT2D eigenvalue weighted by Crippen LogP contribution is 2.32. The van der Waals surface area contributed by atoms with Crippen molar-refractivity contribution in [1.29, 1.82) is 0 Å². The summed E-state index contributed by atoms with van der Waals surface area (Å²) in [6.45, 7) is 4.12. The van der Waals surface area contributed by atoms with Crippen molar-refractivity contribution >= 4 is 0 Å². The lowest BCUT2D eigenvalue weighted by molar-refractivity contribution is 0.182. The van der Waals surface area contributed by atoms with E-state index in [-0.39, 0.29) is 11.1 Å². The first kappa shape index (κ1) is 8.02. The molecule has 0 aromatic heterocycles. The van der Waals surface area contributed by atoms with Crippen LogP contribution in [-0.4, -0.2) is 11.1 Å². The van der Waals surface area contributed by atoms with Crippen LogP contribution in [-0.2, 0) is 0 Å². The fourth-order valence-electron chi connectivity index (χ4n) is 1.56. The highest BCUT2D eigenvalue weighted by molar-refractivity contribution is 5.03. The van der Waals surface area contributed by atoms with Crippen molar-refractivity contribution in [2.75, 3.05) is 0 Å². The minimum atomic E-state index is -0.148. The van der Waals surface area contributed by atoms with Gasteiger partial charge in [-0.15, -0.1) is 0 Å². The van der Waals surface area contributed by atoms with E-state index in [1.165, 1.54) is 12.8 Å². The first-order valence-corrected chi connectivity index (χ1v) is 4.03. The van der Waals surface area contributed by atoms with Crippen molar-refractivity contribution in [3.05, 3.63) is 0 Å². The van der Waals surface area contributed by atoms with Crippen molar-refractivity contribution < 1.29 is 0 Å². The summed E-state index contributed by atoms with van der Waals surface area (Å²) in [7, 11) is 0. The topological polar surface area (TPSA) is 52.0 Å². The predicted molar refractivity (Wildman–Crippen MR) is 43.7 cm³/mol. The van der Waals surface area contributed by atoms with Crippen molar-refractivity contribution in [3.63, 3.8) is 0 Å². The van der Waals surface area contributed by atoms with Gasteiger partial charge < -0.3 is 11.5 Å². The summed E-state index contributed by atoms with van der Waals surface area (Å²) < 4.78 is 0. The van der Waals surface area contributed by atoms with Crippen molar-refractivity contribution in [2.45, 2.75) is 50.6 Å². The normalized spacial score (nSPS) is 49.2. The molecule has 0 amide bonds. The van der Waals surface area contributed by atoms with E-state index in [2.05, 4.69) is 13.8 Å². The lowest BCUT2D eigenvalue weighted by Crippen LogP contribution is -2.63. The third-order valence-corrected chi connectivity index (χ3v) is 2.95. The molecule has 1 fully saturated rings. The Hall–Kier alpha value is -0.0800. The Morgan fingerprint density at radius 3 is 1.40 bits per heavy atom. The number of nitrogens with two attached hydrogens (primary N) is 2. The fourth-order valence-corrected chi connectivity index (χ4v) is 1.56. The lowest BCUT2D eigenvalue weighted by Gasteiger charge is -2.45. The fraction of sp³-hybridized carbons (Fsp3) is 1.00. The van der Waals surface area contributed by atoms with Crippen LogP contribution in [0, 0.1) is 0 Å². The Balaban J connectivity index is 2.70. The van der Waals surface area contributed by atoms with Gasteiger partial charge in [-0.25, -0.2) is 0 Å². The average Bonchev–Trinajstić information content (AvgIpc) is 1.77. The molecule has 1 saturated carbocycles. The maximum atomic E-state index is 6.03. The molecule has 0 aromatic carbocycles. The number of rotatable bonds is 0. The van der Waals surface area contributed by atoms with Gasteiger partial charge in [0.05, 0.1) is 0 Å². The van der Waals surface area contributed by atoms with Gasteiger partial charge in [0.2, 0.25) is 0 Å². The van der Waals surface area contributed by atoms with Gasteiger partial charge in [0.1, 0.15) is 0 Å². The zero-order valence-corrected chi connectivity index (χ0v) is 6.98. The lowest BCUT2D eigenvalue weighted by atomic mass is 9.70. The van der Waals surface area contributed by atoms with E-state index in [1.807, 2.05) is 0 Å². The molecule has 0 spiro atoms.